The van der Waals surface area contributed by atoms with E-state index in [-0.39, 0.29) is 11.7 Å². The number of rotatable bonds is 4. The number of pyridine rings is 1. The van der Waals surface area contributed by atoms with Crippen LogP contribution >= 0.6 is 0 Å². The molecule has 4 nitrogen and oxygen atoms in total. The van der Waals surface area contributed by atoms with Crippen LogP contribution in [0, 0.1) is 5.82 Å². The van der Waals surface area contributed by atoms with Gasteiger partial charge in [0.1, 0.15) is 11.9 Å². The van der Waals surface area contributed by atoms with Gasteiger partial charge >= 0.3 is 0 Å². The average molecular weight is 341 g/mol. The van der Waals surface area contributed by atoms with Crippen molar-refractivity contribution in [3.05, 3.63) is 65.7 Å². The number of nitrogens with zero attached hydrogens (tertiary/aromatic N) is 3. The van der Waals surface area contributed by atoms with Crippen molar-refractivity contribution in [2.45, 2.75) is 24.8 Å². The molecule has 1 aliphatic heterocycles. The maximum absolute atomic E-state index is 13.6. The second kappa shape index (κ2) is 7.74. The first-order valence-corrected chi connectivity index (χ1v) is 8.67. The largest absolute Gasteiger partial charge is 0.341 e. The fourth-order valence-corrected chi connectivity index (χ4v) is 3.58. The molecule has 0 spiro atoms. The van der Waals surface area contributed by atoms with Crippen molar-refractivity contribution in [1.29, 1.82) is 0 Å². The normalized spacial score (nSPS) is 16.9. The average Bonchev–Trinajstić information content (AvgIpc) is 2.62. The van der Waals surface area contributed by atoms with Crippen LogP contribution in [0.2, 0.25) is 0 Å². The lowest BCUT2D eigenvalue weighted by molar-refractivity contribution is -0.137. The quantitative estimate of drug-likeness (QED) is 0.857. The first-order valence-electron chi connectivity index (χ1n) is 8.67. The molecule has 0 unspecified atom stereocenters. The van der Waals surface area contributed by atoms with Gasteiger partial charge in [0, 0.05) is 25.5 Å². The zero-order chi connectivity index (χ0) is 17.8. The van der Waals surface area contributed by atoms with Gasteiger partial charge in [-0.3, -0.25) is 14.7 Å². The Morgan fingerprint density at radius 3 is 2.48 bits per heavy atom. The molecule has 1 amide bonds. The Kier molecular flexibility index (Phi) is 5.43. The van der Waals surface area contributed by atoms with Gasteiger partial charge in [0.05, 0.1) is 0 Å². The van der Waals surface area contributed by atoms with Crippen LogP contribution in [0.25, 0.3) is 0 Å². The van der Waals surface area contributed by atoms with E-state index in [4.69, 9.17) is 0 Å². The standard InChI is InChI=1S/C20H24FN3O/c1-23(2)19(17-4-3-5-18(21)14-17)20(25)24-12-8-16(9-13-24)15-6-10-22-11-7-15/h3-7,10-11,14,16,19H,8-9,12-13H2,1-2H3/t19-/m0/s1. The van der Waals surface area contributed by atoms with Gasteiger partial charge < -0.3 is 4.90 Å². The molecular weight excluding hydrogens is 317 g/mol. The summed E-state index contributed by atoms with van der Waals surface area (Å²) in [5.74, 6) is 0.205. The van der Waals surface area contributed by atoms with E-state index in [0.29, 0.717) is 11.5 Å². The van der Waals surface area contributed by atoms with Crippen LogP contribution in [0.5, 0.6) is 0 Å². The number of hydrogen-bond donors (Lipinski definition) is 0. The summed E-state index contributed by atoms with van der Waals surface area (Å²) in [5, 5.41) is 0. The van der Waals surface area contributed by atoms with Crippen molar-refractivity contribution >= 4 is 5.91 Å². The predicted molar refractivity (Wildman–Crippen MR) is 95.6 cm³/mol. The van der Waals surface area contributed by atoms with Crippen LogP contribution in [-0.4, -0.2) is 47.9 Å². The summed E-state index contributed by atoms with van der Waals surface area (Å²) in [4.78, 5) is 20.9. The zero-order valence-corrected chi connectivity index (χ0v) is 14.7. The molecule has 0 saturated carbocycles. The molecule has 5 heteroatoms. The van der Waals surface area contributed by atoms with E-state index in [9.17, 15) is 9.18 Å². The summed E-state index contributed by atoms with van der Waals surface area (Å²) in [7, 11) is 3.72. The minimum atomic E-state index is -0.451. The van der Waals surface area contributed by atoms with E-state index in [2.05, 4.69) is 17.1 Å². The number of benzene rings is 1. The number of amides is 1. The van der Waals surface area contributed by atoms with Crippen molar-refractivity contribution in [3.63, 3.8) is 0 Å². The maximum atomic E-state index is 13.6. The monoisotopic (exact) mass is 341 g/mol. The highest BCUT2D eigenvalue weighted by atomic mass is 19.1. The van der Waals surface area contributed by atoms with Crippen molar-refractivity contribution in [2.75, 3.05) is 27.2 Å². The van der Waals surface area contributed by atoms with Crippen molar-refractivity contribution in [3.8, 4) is 0 Å². The highest BCUT2D eigenvalue weighted by Gasteiger charge is 2.31. The van der Waals surface area contributed by atoms with E-state index < -0.39 is 6.04 Å². The third-order valence-electron chi connectivity index (χ3n) is 4.90. The van der Waals surface area contributed by atoms with Gasteiger partial charge in [-0.15, -0.1) is 0 Å². The Labute approximate surface area is 148 Å². The molecule has 0 radical (unpaired) electrons. The molecule has 1 saturated heterocycles. The third kappa shape index (κ3) is 4.04. The fourth-order valence-electron chi connectivity index (χ4n) is 3.58. The number of likely N-dealkylation sites (tertiary alicyclic amines) is 1. The minimum Gasteiger partial charge on any atom is -0.341 e. The zero-order valence-electron chi connectivity index (χ0n) is 14.7. The lowest BCUT2D eigenvalue weighted by Crippen LogP contribution is -2.44. The van der Waals surface area contributed by atoms with E-state index in [1.807, 2.05) is 42.4 Å². The summed E-state index contributed by atoms with van der Waals surface area (Å²) in [5.41, 5.74) is 1.99. The molecule has 2 aromatic rings. The van der Waals surface area contributed by atoms with E-state index >= 15 is 0 Å². The molecule has 1 atom stereocenters. The topological polar surface area (TPSA) is 36.4 Å². The molecule has 25 heavy (non-hydrogen) atoms. The van der Waals surface area contributed by atoms with Crippen LogP contribution in [0.1, 0.15) is 35.9 Å². The molecule has 1 aromatic carbocycles. The van der Waals surface area contributed by atoms with Gasteiger partial charge in [0.15, 0.2) is 0 Å². The molecule has 1 fully saturated rings. The lowest BCUT2D eigenvalue weighted by Gasteiger charge is -2.36. The van der Waals surface area contributed by atoms with Crippen LogP contribution in [0.15, 0.2) is 48.8 Å². The Morgan fingerprint density at radius 1 is 1.20 bits per heavy atom. The SMILES string of the molecule is CN(C)[C@H](C(=O)N1CCC(c2ccncc2)CC1)c1cccc(F)c1. The molecule has 1 aliphatic rings. The molecule has 0 N–H and O–H groups in total. The number of likely N-dealkylation sites (N-methyl/N-ethyl adjacent to an activating group) is 1. The van der Waals surface area contributed by atoms with Gasteiger partial charge in [0.25, 0.3) is 0 Å². The minimum absolute atomic E-state index is 0.0452. The molecule has 132 valence electrons. The number of piperidine rings is 1. The summed E-state index contributed by atoms with van der Waals surface area (Å²) in [6.45, 7) is 1.46. The van der Waals surface area contributed by atoms with Gasteiger partial charge in [-0.1, -0.05) is 12.1 Å². The summed E-state index contributed by atoms with van der Waals surface area (Å²) >= 11 is 0. The summed E-state index contributed by atoms with van der Waals surface area (Å²) in [6.07, 6.45) is 5.52. The van der Waals surface area contributed by atoms with Gasteiger partial charge in [-0.05, 0) is 68.2 Å². The smallest absolute Gasteiger partial charge is 0.244 e. The van der Waals surface area contributed by atoms with E-state index in [1.165, 1.54) is 17.7 Å². The first-order chi connectivity index (χ1) is 12.1. The van der Waals surface area contributed by atoms with Crippen LogP contribution in [-0.2, 0) is 4.79 Å². The number of carbonyl (C=O) groups excluding carboxylic acids is 1. The number of hydrogen-bond acceptors (Lipinski definition) is 3. The Balaban J connectivity index is 1.70. The molecule has 1 aromatic heterocycles. The van der Waals surface area contributed by atoms with Crippen LogP contribution < -0.4 is 0 Å². The third-order valence-corrected chi connectivity index (χ3v) is 4.90. The van der Waals surface area contributed by atoms with Crippen molar-refractivity contribution < 1.29 is 9.18 Å². The van der Waals surface area contributed by atoms with Crippen molar-refractivity contribution in [1.82, 2.24) is 14.8 Å². The number of halogens is 1. The number of aromatic nitrogens is 1. The Bertz CT molecular complexity index is 712. The second-order valence-electron chi connectivity index (χ2n) is 6.80. The highest BCUT2D eigenvalue weighted by molar-refractivity contribution is 5.83. The highest BCUT2D eigenvalue weighted by Crippen LogP contribution is 2.30. The molecule has 0 aliphatic carbocycles. The fraction of sp³-hybridized carbons (Fsp3) is 0.400. The molecular formula is C20H24FN3O. The van der Waals surface area contributed by atoms with E-state index in [1.54, 1.807) is 6.07 Å². The molecule has 0 bridgehead atoms. The van der Waals surface area contributed by atoms with Gasteiger partial charge in [-0.25, -0.2) is 4.39 Å². The van der Waals surface area contributed by atoms with Gasteiger partial charge in [0.2, 0.25) is 5.91 Å². The Morgan fingerprint density at radius 2 is 1.88 bits per heavy atom. The molecule has 3 rings (SSSR count). The van der Waals surface area contributed by atoms with Crippen LogP contribution in [0.3, 0.4) is 0 Å². The Hall–Kier alpha value is -2.27. The van der Waals surface area contributed by atoms with Gasteiger partial charge in [-0.2, -0.15) is 0 Å². The number of carbonyl (C=O) groups is 1. The first kappa shape index (κ1) is 17.5. The lowest BCUT2D eigenvalue weighted by atomic mass is 9.89. The maximum Gasteiger partial charge on any atom is 0.244 e. The van der Waals surface area contributed by atoms with Crippen molar-refractivity contribution in [2.24, 2.45) is 0 Å². The predicted octanol–water partition coefficient (Wildman–Crippen LogP) is 3.23. The summed E-state index contributed by atoms with van der Waals surface area (Å²) < 4.78 is 13.6. The van der Waals surface area contributed by atoms with Crippen LogP contribution in [0.4, 0.5) is 4.39 Å². The molecule has 2 heterocycles. The summed E-state index contributed by atoms with van der Waals surface area (Å²) in [6, 6.07) is 9.98. The second-order valence-corrected chi connectivity index (χ2v) is 6.80. The van der Waals surface area contributed by atoms with E-state index in [0.717, 1.165) is 25.9 Å².